The van der Waals surface area contributed by atoms with E-state index < -0.39 is 83.5 Å². The predicted octanol–water partition coefficient (Wildman–Crippen LogP) is 7.42. The summed E-state index contributed by atoms with van der Waals surface area (Å²) in [7, 11) is 1.37. The lowest BCUT2D eigenvalue weighted by Crippen LogP contribution is -2.56. The van der Waals surface area contributed by atoms with Crippen molar-refractivity contribution >= 4 is 11.6 Å². The SMILES string of the molecule is CCCCCCCCCCN(CCCCCCCCCC)[C@H]1C[C@@H](O[C@@H]2C[C@](O)([C@H](O)CO)Cc3c(O)c4c(c(O)c32)C(=O)c2c(OC)cccc2C4=O)O[C@H](C)[C@@H]1O. The molecule has 1 aliphatic heterocycles. The van der Waals surface area contributed by atoms with Gasteiger partial charge in [0.05, 0.1) is 54.3 Å². The molecule has 0 bridgehead atoms. The zero-order valence-electron chi connectivity index (χ0n) is 35.9. The highest BCUT2D eigenvalue weighted by Gasteiger charge is 2.50. The molecule has 0 spiro atoms. The lowest BCUT2D eigenvalue weighted by atomic mass is 9.71. The molecule has 2 aromatic rings. The number of aromatic hydroxyl groups is 2. The van der Waals surface area contributed by atoms with Crippen molar-refractivity contribution in [1.82, 2.24) is 4.90 Å². The van der Waals surface area contributed by atoms with Crippen LogP contribution in [0.25, 0.3) is 0 Å². The van der Waals surface area contributed by atoms with Crippen LogP contribution in [0.2, 0.25) is 0 Å². The average Bonchev–Trinajstić information content (AvgIpc) is 3.22. The number of methoxy groups -OCH3 is 1. The van der Waals surface area contributed by atoms with Crippen LogP contribution in [0.5, 0.6) is 17.2 Å². The van der Waals surface area contributed by atoms with E-state index in [2.05, 4.69) is 18.7 Å². The smallest absolute Gasteiger partial charge is 0.202 e. The molecule has 1 heterocycles. The van der Waals surface area contributed by atoms with E-state index in [9.17, 15) is 40.2 Å². The molecule has 3 aliphatic rings. The first-order valence-electron chi connectivity index (χ1n) is 22.5. The summed E-state index contributed by atoms with van der Waals surface area (Å²) in [5.41, 5.74) is -3.02. The van der Waals surface area contributed by atoms with E-state index in [1.807, 2.05) is 0 Å². The van der Waals surface area contributed by atoms with Crippen LogP contribution in [0.15, 0.2) is 18.2 Å². The quantitative estimate of drug-likeness (QED) is 0.0389. The third kappa shape index (κ3) is 10.9. The highest BCUT2D eigenvalue weighted by Crippen LogP contribution is 2.53. The summed E-state index contributed by atoms with van der Waals surface area (Å²) in [6, 6.07) is 4.20. The molecule has 6 N–H and O–H groups in total. The van der Waals surface area contributed by atoms with Crippen molar-refractivity contribution in [3.05, 3.63) is 51.6 Å². The Bertz CT molecular complexity index is 1680. The van der Waals surface area contributed by atoms with E-state index >= 15 is 0 Å². The molecular formula is C47H71NO11. The summed E-state index contributed by atoms with van der Waals surface area (Å²) in [5.74, 6) is -2.51. The Morgan fingerprint density at radius 3 is 1.95 bits per heavy atom. The number of aliphatic hydroxyl groups is 4. The molecular weight excluding hydrogens is 755 g/mol. The minimum atomic E-state index is -2.05. The van der Waals surface area contributed by atoms with Crippen LogP contribution >= 0.6 is 0 Å². The van der Waals surface area contributed by atoms with Gasteiger partial charge in [-0.1, -0.05) is 116 Å². The van der Waals surface area contributed by atoms with Crippen LogP contribution in [-0.2, 0) is 15.9 Å². The molecule has 2 aromatic carbocycles. The zero-order valence-corrected chi connectivity index (χ0v) is 35.9. The van der Waals surface area contributed by atoms with Gasteiger partial charge in [0, 0.05) is 42.0 Å². The molecule has 1 fully saturated rings. The maximum Gasteiger partial charge on any atom is 0.202 e. The van der Waals surface area contributed by atoms with Crippen molar-refractivity contribution in [3.63, 3.8) is 0 Å². The van der Waals surface area contributed by atoms with Gasteiger partial charge in [-0.15, -0.1) is 0 Å². The predicted molar refractivity (Wildman–Crippen MR) is 225 cm³/mol. The molecule has 330 valence electrons. The number of aliphatic hydroxyl groups excluding tert-OH is 3. The molecule has 2 aliphatic carbocycles. The molecule has 12 heteroatoms. The van der Waals surface area contributed by atoms with Gasteiger partial charge in [0.2, 0.25) is 5.78 Å². The minimum absolute atomic E-state index is 0.00998. The van der Waals surface area contributed by atoms with Gasteiger partial charge in [-0.05, 0) is 38.9 Å². The molecule has 5 rings (SSSR count). The van der Waals surface area contributed by atoms with Gasteiger partial charge in [0.25, 0.3) is 0 Å². The number of ether oxygens (including phenoxy) is 3. The Labute approximate surface area is 350 Å². The van der Waals surface area contributed by atoms with Crippen molar-refractivity contribution in [2.24, 2.45) is 0 Å². The van der Waals surface area contributed by atoms with Crippen LogP contribution < -0.4 is 4.74 Å². The summed E-state index contributed by atoms with van der Waals surface area (Å²) in [4.78, 5) is 30.4. The van der Waals surface area contributed by atoms with Gasteiger partial charge in [-0.25, -0.2) is 0 Å². The van der Waals surface area contributed by atoms with Crippen LogP contribution in [0, 0.1) is 0 Å². The first-order valence-corrected chi connectivity index (χ1v) is 22.5. The number of carbonyl (C=O) groups excluding carboxylic acids is 2. The van der Waals surface area contributed by atoms with Crippen molar-refractivity contribution in [3.8, 4) is 17.2 Å². The number of phenols is 2. The molecule has 0 saturated carbocycles. The fourth-order valence-electron chi connectivity index (χ4n) is 9.49. The molecule has 0 aromatic heterocycles. The second-order valence-corrected chi connectivity index (χ2v) is 17.2. The number of ketones is 2. The van der Waals surface area contributed by atoms with Gasteiger partial charge >= 0.3 is 0 Å². The summed E-state index contributed by atoms with van der Waals surface area (Å²) in [5, 5.41) is 68.2. The van der Waals surface area contributed by atoms with Gasteiger partial charge in [0.1, 0.15) is 23.4 Å². The first-order chi connectivity index (χ1) is 28.4. The summed E-state index contributed by atoms with van der Waals surface area (Å²) in [6.07, 6.45) is 13.1. The van der Waals surface area contributed by atoms with Crippen LogP contribution in [-0.4, -0.2) is 110 Å². The maximum absolute atomic E-state index is 14.1. The second kappa shape index (κ2) is 22.1. The van der Waals surface area contributed by atoms with Crippen LogP contribution in [0.4, 0.5) is 0 Å². The largest absolute Gasteiger partial charge is 0.507 e. The third-order valence-electron chi connectivity index (χ3n) is 13.0. The number of rotatable bonds is 24. The van der Waals surface area contributed by atoms with E-state index in [-0.39, 0.29) is 46.9 Å². The summed E-state index contributed by atoms with van der Waals surface area (Å²) < 4.78 is 18.3. The van der Waals surface area contributed by atoms with Crippen LogP contribution in [0.3, 0.4) is 0 Å². The Balaban J connectivity index is 1.41. The lowest BCUT2D eigenvalue weighted by molar-refractivity contribution is -0.262. The molecule has 59 heavy (non-hydrogen) atoms. The average molecular weight is 826 g/mol. The molecule has 0 unspecified atom stereocenters. The van der Waals surface area contributed by atoms with E-state index in [4.69, 9.17) is 14.2 Å². The zero-order chi connectivity index (χ0) is 42.7. The summed E-state index contributed by atoms with van der Waals surface area (Å²) in [6.45, 7) is 7.04. The number of fused-ring (bicyclic) bond motifs is 3. The fourth-order valence-corrected chi connectivity index (χ4v) is 9.49. The fraction of sp³-hybridized carbons (Fsp3) is 0.702. The van der Waals surface area contributed by atoms with Crippen molar-refractivity contribution in [2.75, 3.05) is 26.8 Å². The van der Waals surface area contributed by atoms with Crippen LogP contribution in [0.1, 0.15) is 185 Å². The second-order valence-electron chi connectivity index (χ2n) is 17.2. The Morgan fingerprint density at radius 1 is 0.831 bits per heavy atom. The highest BCUT2D eigenvalue weighted by atomic mass is 16.7. The Morgan fingerprint density at radius 2 is 1.39 bits per heavy atom. The lowest BCUT2D eigenvalue weighted by Gasteiger charge is -2.46. The van der Waals surface area contributed by atoms with E-state index in [0.717, 1.165) is 38.8 Å². The van der Waals surface area contributed by atoms with Crippen molar-refractivity contribution in [1.29, 1.82) is 0 Å². The number of unbranched alkanes of at least 4 members (excludes halogenated alkanes) is 14. The van der Waals surface area contributed by atoms with E-state index in [1.54, 1.807) is 13.0 Å². The molecule has 1 saturated heterocycles. The maximum atomic E-state index is 14.1. The Kier molecular flexibility index (Phi) is 17.6. The van der Waals surface area contributed by atoms with Gasteiger partial charge in [-0.3, -0.25) is 14.5 Å². The highest BCUT2D eigenvalue weighted by molar-refractivity contribution is 6.31. The number of benzene rings is 2. The number of carbonyl (C=O) groups is 2. The molecule has 0 radical (unpaired) electrons. The topological polar surface area (TPSA) is 186 Å². The molecule has 12 nitrogen and oxygen atoms in total. The normalized spacial score (nSPS) is 24.5. The van der Waals surface area contributed by atoms with Crippen molar-refractivity contribution in [2.45, 2.75) is 185 Å². The summed E-state index contributed by atoms with van der Waals surface area (Å²) >= 11 is 0. The van der Waals surface area contributed by atoms with Gasteiger partial charge < -0.3 is 44.8 Å². The number of nitrogens with zero attached hydrogens (tertiary/aromatic N) is 1. The monoisotopic (exact) mass is 826 g/mol. The molecule has 7 atom stereocenters. The van der Waals surface area contributed by atoms with E-state index in [1.165, 1.54) is 96.3 Å². The Hall–Kier alpha value is -3.10. The third-order valence-corrected chi connectivity index (χ3v) is 13.0. The minimum Gasteiger partial charge on any atom is -0.507 e. The number of hydrogen-bond donors (Lipinski definition) is 6. The van der Waals surface area contributed by atoms with E-state index in [0.29, 0.717) is 0 Å². The molecule has 0 amide bonds. The number of phenolic OH excluding ortho intramolecular Hbond substituents is 2. The van der Waals surface area contributed by atoms with Gasteiger partial charge in [0.15, 0.2) is 12.1 Å². The standard InChI is InChI=1S/C47H71NO11/c1-5-7-9-11-13-15-17-19-24-48(25-20-18-16-14-12-10-8-6-2)33-26-37(58-30(3)42(33)51)59-35-28-47(56,36(50)29-49)27-32-39(35)46(55)41-40(44(32)53)43(52)31-22-21-23-34(57-4)38(31)45(41)54/h21-23,30,33,35-37,42,49-51,53,55-56H,5-20,24-29H2,1-4H3/t30-,33+,35-,36-,37-,42+,47+/m1/s1. The number of hydrogen-bond acceptors (Lipinski definition) is 12. The first kappa shape index (κ1) is 47.0. The van der Waals surface area contributed by atoms with Crippen molar-refractivity contribution < 1.29 is 54.4 Å². The van der Waals surface area contributed by atoms with Gasteiger partial charge in [-0.2, -0.15) is 0 Å².